The second kappa shape index (κ2) is 10.9. The molecule has 3 aliphatic rings. The van der Waals surface area contributed by atoms with E-state index < -0.39 is 5.41 Å². The molecule has 2 aliphatic carbocycles. The van der Waals surface area contributed by atoms with Gasteiger partial charge in [0, 0.05) is 11.1 Å². The number of hydrogen-bond acceptors (Lipinski definition) is 3. The van der Waals surface area contributed by atoms with Crippen molar-refractivity contribution < 1.29 is 0 Å². The molecule has 0 bridgehead atoms. The largest absolute Gasteiger partial charge is 0.344 e. The minimum absolute atomic E-state index is 0.325. The van der Waals surface area contributed by atoms with Gasteiger partial charge in [0.25, 0.3) is 0 Å². The first kappa shape index (κ1) is 27.8. The molecule has 230 valence electrons. The van der Waals surface area contributed by atoms with Crippen molar-refractivity contribution in [3.05, 3.63) is 215 Å². The summed E-state index contributed by atoms with van der Waals surface area (Å²) in [5, 5.41) is 3.74. The Morgan fingerprint density at radius 1 is 0.408 bits per heavy atom. The highest BCUT2D eigenvalue weighted by atomic mass is 15.2. The van der Waals surface area contributed by atoms with Gasteiger partial charge in [-0.25, -0.2) is 9.98 Å². The molecule has 3 heteroatoms. The summed E-state index contributed by atoms with van der Waals surface area (Å²) in [7, 11) is 0. The monoisotopic (exact) mass is 625 g/mol. The third-order valence-corrected chi connectivity index (χ3v) is 10.4. The minimum Gasteiger partial charge on any atom is -0.344 e. The van der Waals surface area contributed by atoms with Crippen LogP contribution in [0.3, 0.4) is 0 Å². The lowest BCUT2D eigenvalue weighted by Crippen LogP contribution is -2.34. The van der Waals surface area contributed by atoms with Crippen molar-refractivity contribution >= 4 is 11.7 Å². The molecule has 7 aromatic carbocycles. The molecule has 49 heavy (non-hydrogen) atoms. The van der Waals surface area contributed by atoms with E-state index in [1.54, 1.807) is 0 Å². The second-order valence-electron chi connectivity index (χ2n) is 13.0. The van der Waals surface area contributed by atoms with Crippen LogP contribution in [0.15, 0.2) is 186 Å². The summed E-state index contributed by atoms with van der Waals surface area (Å²) in [5.74, 6) is 1.54. The van der Waals surface area contributed by atoms with E-state index in [9.17, 15) is 0 Å². The molecule has 1 atom stereocenters. The van der Waals surface area contributed by atoms with Crippen LogP contribution in [0.5, 0.6) is 0 Å². The summed E-state index contributed by atoms with van der Waals surface area (Å²) in [6.45, 7) is 0. The van der Waals surface area contributed by atoms with Crippen molar-refractivity contribution in [3.63, 3.8) is 0 Å². The molecule has 0 aromatic heterocycles. The van der Waals surface area contributed by atoms with E-state index in [1.807, 2.05) is 24.3 Å². The van der Waals surface area contributed by atoms with Crippen LogP contribution in [0.1, 0.15) is 45.1 Å². The zero-order valence-corrected chi connectivity index (χ0v) is 26.7. The molecule has 1 unspecified atom stereocenters. The topological polar surface area (TPSA) is 36.8 Å². The van der Waals surface area contributed by atoms with Crippen molar-refractivity contribution in [2.75, 3.05) is 0 Å². The summed E-state index contributed by atoms with van der Waals surface area (Å²) < 4.78 is 0. The van der Waals surface area contributed by atoms with Gasteiger partial charge in [0.05, 0.1) is 5.41 Å². The zero-order valence-electron chi connectivity index (χ0n) is 26.7. The smallest absolute Gasteiger partial charge is 0.159 e. The molecule has 1 aliphatic heterocycles. The summed E-state index contributed by atoms with van der Waals surface area (Å²) in [4.78, 5) is 10.4. The van der Waals surface area contributed by atoms with Gasteiger partial charge < -0.3 is 5.32 Å². The molecule has 1 spiro atoms. The van der Waals surface area contributed by atoms with E-state index in [2.05, 4.69) is 157 Å². The number of fused-ring (bicyclic) bond motifs is 10. The van der Waals surface area contributed by atoms with Crippen LogP contribution in [0.2, 0.25) is 0 Å². The lowest BCUT2D eigenvalue weighted by molar-refractivity contribution is 0.670. The van der Waals surface area contributed by atoms with Crippen LogP contribution in [-0.2, 0) is 5.41 Å². The summed E-state index contributed by atoms with van der Waals surface area (Å²) in [6.07, 6.45) is -0.325. The molecule has 1 N–H and O–H groups in total. The number of benzene rings is 7. The maximum atomic E-state index is 5.26. The van der Waals surface area contributed by atoms with Crippen LogP contribution >= 0.6 is 0 Å². The first-order valence-electron chi connectivity index (χ1n) is 16.9. The van der Waals surface area contributed by atoms with E-state index in [0.717, 1.165) is 28.4 Å². The van der Waals surface area contributed by atoms with Gasteiger partial charge in [-0.1, -0.05) is 170 Å². The van der Waals surface area contributed by atoms with Gasteiger partial charge in [0.1, 0.15) is 12.0 Å². The maximum absolute atomic E-state index is 5.26. The van der Waals surface area contributed by atoms with Crippen LogP contribution in [0, 0.1) is 0 Å². The van der Waals surface area contributed by atoms with E-state index in [4.69, 9.17) is 9.98 Å². The highest BCUT2D eigenvalue weighted by molar-refractivity contribution is 6.13. The molecule has 7 aromatic rings. The number of rotatable bonds is 4. The van der Waals surface area contributed by atoms with Crippen LogP contribution in [0.25, 0.3) is 33.4 Å². The van der Waals surface area contributed by atoms with Gasteiger partial charge in [-0.15, -0.1) is 0 Å². The number of aliphatic imine (C=N–C) groups is 2. The molecule has 3 nitrogen and oxygen atoms in total. The number of nitrogens with one attached hydrogen (secondary N) is 1. The van der Waals surface area contributed by atoms with E-state index >= 15 is 0 Å². The van der Waals surface area contributed by atoms with Crippen molar-refractivity contribution in [3.8, 4) is 33.4 Å². The highest BCUT2D eigenvalue weighted by Gasteiger charge is 2.51. The van der Waals surface area contributed by atoms with Gasteiger partial charge in [-0.05, 0) is 67.3 Å². The normalized spacial score (nSPS) is 16.1. The highest BCUT2D eigenvalue weighted by Crippen LogP contribution is 2.62. The molecule has 0 amide bonds. The Morgan fingerprint density at radius 2 is 0.878 bits per heavy atom. The Balaban J connectivity index is 1.13. The standard InChI is InChI=1S/C46H31N3/c1-3-13-30(14-4-1)31-23-25-33(26-24-31)44-47-43(32-15-5-2-6-16-32)48-45(49-44)34-27-28-38-37-19-9-12-22-41(37)46(42(38)29-34)39-20-10-7-17-35(39)36-18-8-11-21-40(36)46/h1-29,45H,(H,47,48,49). The average Bonchev–Trinajstić information content (AvgIpc) is 3.66. The van der Waals surface area contributed by atoms with E-state index in [0.29, 0.717) is 0 Å². The predicted octanol–water partition coefficient (Wildman–Crippen LogP) is 10.2. The number of amidine groups is 2. The summed E-state index contributed by atoms with van der Waals surface area (Å²) >= 11 is 0. The first-order valence-corrected chi connectivity index (χ1v) is 16.9. The van der Waals surface area contributed by atoms with Crippen molar-refractivity contribution in [2.24, 2.45) is 9.98 Å². The third-order valence-electron chi connectivity index (χ3n) is 10.4. The quantitative estimate of drug-likeness (QED) is 0.208. The summed E-state index contributed by atoms with van der Waals surface area (Å²) in [6, 6.07) is 63.2. The Bertz CT molecular complexity index is 2390. The molecular weight excluding hydrogens is 595 g/mol. The van der Waals surface area contributed by atoms with Gasteiger partial charge in [0.15, 0.2) is 5.84 Å². The Hall–Kier alpha value is -6.32. The second-order valence-corrected chi connectivity index (χ2v) is 13.0. The van der Waals surface area contributed by atoms with Crippen molar-refractivity contribution in [1.82, 2.24) is 5.32 Å². The van der Waals surface area contributed by atoms with Gasteiger partial charge in [-0.2, -0.15) is 0 Å². The molecule has 0 saturated carbocycles. The molecule has 10 rings (SSSR count). The Kier molecular flexibility index (Phi) is 6.16. The van der Waals surface area contributed by atoms with Gasteiger partial charge in [-0.3, -0.25) is 0 Å². The SMILES string of the molecule is c1ccc(C2=NC(c3ccc4c(c3)C3(c5ccccc5-c5ccccc53)c3ccccc3-4)NC(c3ccc(-c4ccccc4)cc3)=N2)cc1. The number of hydrogen-bond donors (Lipinski definition) is 1. The van der Waals surface area contributed by atoms with Crippen LogP contribution < -0.4 is 5.32 Å². The average molecular weight is 626 g/mol. The summed E-state index contributed by atoms with van der Waals surface area (Å²) in [5.41, 5.74) is 15.6. The van der Waals surface area contributed by atoms with Crippen molar-refractivity contribution in [2.45, 2.75) is 11.6 Å². The molecule has 0 fully saturated rings. The number of nitrogens with zero attached hydrogens (tertiary/aromatic N) is 2. The fourth-order valence-electron chi connectivity index (χ4n) is 8.22. The van der Waals surface area contributed by atoms with Crippen molar-refractivity contribution in [1.29, 1.82) is 0 Å². The molecule has 0 saturated heterocycles. The fraction of sp³-hybridized carbons (Fsp3) is 0.0435. The molecule has 1 heterocycles. The van der Waals surface area contributed by atoms with Gasteiger partial charge >= 0.3 is 0 Å². The molecular formula is C46H31N3. The van der Waals surface area contributed by atoms with Gasteiger partial charge in [0.2, 0.25) is 0 Å². The van der Waals surface area contributed by atoms with E-state index in [-0.39, 0.29) is 6.17 Å². The lowest BCUT2D eigenvalue weighted by Gasteiger charge is -2.31. The lowest BCUT2D eigenvalue weighted by atomic mass is 9.70. The maximum Gasteiger partial charge on any atom is 0.159 e. The third kappa shape index (κ3) is 4.15. The first-order chi connectivity index (χ1) is 24.3. The predicted molar refractivity (Wildman–Crippen MR) is 200 cm³/mol. The Morgan fingerprint density at radius 3 is 1.47 bits per heavy atom. The molecule has 0 radical (unpaired) electrons. The Labute approximate surface area is 286 Å². The van der Waals surface area contributed by atoms with Crippen LogP contribution in [-0.4, -0.2) is 11.7 Å². The minimum atomic E-state index is -0.403. The van der Waals surface area contributed by atoms with E-state index in [1.165, 1.54) is 55.6 Å². The van der Waals surface area contributed by atoms with Crippen LogP contribution in [0.4, 0.5) is 0 Å². The zero-order chi connectivity index (χ0) is 32.4. The fourth-order valence-corrected chi connectivity index (χ4v) is 8.22.